The zero-order valence-corrected chi connectivity index (χ0v) is 17.3. The van der Waals surface area contributed by atoms with Gasteiger partial charge in [-0.15, -0.1) is 0 Å². The molecule has 0 radical (unpaired) electrons. The summed E-state index contributed by atoms with van der Waals surface area (Å²) in [7, 11) is 2.53. The molecule has 2 atom stereocenters. The van der Waals surface area contributed by atoms with Crippen LogP contribution in [-0.4, -0.2) is 26.2 Å². The average molecular weight is 437 g/mol. The predicted molar refractivity (Wildman–Crippen MR) is 98.8 cm³/mol. The van der Waals surface area contributed by atoms with E-state index in [4.69, 9.17) is 32.7 Å². The molecule has 0 amide bonds. The Kier molecular flexibility index (Phi) is 7.07. The number of carbonyl (C=O) groups excluding carboxylic acids is 2. The molecule has 0 spiro atoms. The zero-order chi connectivity index (χ0) is 21.2. The topological polar surface area (TPSA) is 61.8 Å². The standard InChI is InChI=1S/C19H20Cl2F2O5/c1-19(2)11(5-6-12(24)27-4)13(19)18(25)28-8-9-14(20)16(22)10(7-26-3)17(23)15(9)21/h5-6,11,13H,7-8H2,1-4H3/b6-5-/t11-,13-/m0/s1. The molecule has 28 heavy (non-hydrogen) atoms. The minimum Gasteiger partial charge on any atom is -0.466 e. The first kappa shape index (κ1) is 22.6. The summed E-state index contributed by atoms with van der Waals surface area (Å²) in [5.41, 5.74) is -0.996. The van der Waals surface area contributed by atoms with Gasteiger partial charge in [0.25, 0.3) is 0 Å². The van der Waals surface area contributed by atoms with Crippen LogP contribution in [0.5, 0.6) is 0 Å². The molecule has 1 fully saturated rings. The SMILES string of the molecule is COCc1c(F)c(Cl)c(COC(=O)[C@@H]2[C@H](/C=C\C(=O)OC)C2(C)C)c(Cl)c1F. The van der Waals surface area contributed by atoms with Gasteiger partial charge in [-0.25, -0.2) is 13.6 Å². The van der Waals surface area contributed by atoms with Gasteiger partial charge in [-0.05, 0) is 11.3 Å². The molecule has 0 heterocycles. The van der Waals surface area contributed by atoms with Crippen LogP contribution in [0.4, 0.5) is 8.78 Å². The quantitative estimate of drug-likeness (QED) is 0.358. The minimum absolute atomic E-state index is 0.161. The predicted octanol–water partition coefficient (Wildman–Crippen LogP) is 4.46. The number of allylic oxidation sites excluding steroid dienone is 1. The van der Waals surface area contributed by atoms with Gasteiger partial charge in [0, 0.05) is 18.7 Å². The number of hydrogen-bond acceptors (Lipinski definition) is 5. The van der Waals surface area contributed by atoms with Crippen LogP contribution in [0.3, 0.4) is 0 Å². The highest BCUT2D eigenvalue weighted by molar-refractivity contribution is 6.36. The van der Waals surface area contributed by atoms with Gasteiger partial charge >= 0.3 is 11.9 Å². The van der Waals surface area contributed by atoms with Gasteiger partial charge in [0.2, 0.25) is 0 Å². The molecule has 5 nitrogen and oxygen atoms in total. The van der Waals surface area contributed by atoms with E-state index in [-0.39, 0.29) is 18.1 Å². The van der Waals surface area contributed by atoms with Crippen LogP contribution in [0.15, 0.2) is 12.2 Å². The van der Waals surface area contributed by atoms with Crippen LogP contribution in [0.25, 0.3) is 0 Å². The van der Waals surface area contributed by atoms with Gasteiger partial charge in [-0.3, -0.25) is 4.79 Å². The normalized spacial score (nSPS) is 20.3. The van der Waals surface area contributed by atoms with Crippen molar-refractivity contribution >= 4 is 35.1 Å². The van der Waals surface area contributed by atoms with Crippen LogP contribution in [0.2, 0.25) is 10.0 Å². The molecule has 0 N–H and O–H groups in total. The molecular weight excluding hydrogens is 417 g/mol. The number of benzene rings is 1. The Morgan fingerprint density at radius 1 is 1.07 bits per heavy atom. The second-order valence-electron chi connectivity index (χ2n) is 6.96. The number of hydrogen-bond donors (Lipinski definition) is 0. The van der Waals surface area contributed by atoms with E-state index in [1.807, 2.05) is 13.8 Å². The van der Waals surface area contributed by atoms with Crippen LogP contribution in [0, 0.1) is 28.9 Å². The van der Waals surface area contributed by atoms with Crippen molar-refractivity contribution in [1.29, 1.82) is 0 Å². The van der Waals surface area contributed by atoms with Crippen LogP contribution in [0.1, 0.15) is 25.0 Å². The van der Waals surface area contributed by atoms with Gasteiger partial charge in [0.05, 0.1) is 35.2 Å². The van der Waals surface area contributed by atoms with E-state index in [1.54, 1.807) is 6.08 Å². The highest BCUT2D eigenvalue weighted by Crippen LogP contribution is 2.59. The molecule has 1 aliphatic carbocycles. The third kappa shape index (κ3) is 4.31. The van der Waals surface area contributed by atoms with Crippen molar-refractivity contribution in [1.82, 2.24) is 0 Å². The first-order valence-corrected chi connectivity index (χ1v) is 9.08. The van der Waals surface area contributed by atoms with E-state index < -0.39 is 57.1 Å². The molecule has 9 heteroatoms. The lowest BCUT2D eigenvalue weighted by atomic mass is 10.1. The third-order valence-corrected chi connectivity index (χ3v) is 5.69. The molecule has 1 saturated carbocycles. The van der Waals surface area contributed by atoms with Crippen molar-refractivity contribution < 1.29 is 32.6 Å². The van der Waals surface area contributed by atoms with E-state index in [9.17, 15) is 18.4 Å². The lowest BCUT2D eigenvalue weighted by molar-refractivity contribution is -0.147. The molecule has 1 aliphatic rings. The maximum Gasteiger partial charge on any atom is 0.330 e. The highest BCUT2D eigenvalue weighted by Gasteiger charge is 2.61. The fourth-order valence-electron chi connectivity index (χ4n) is 3.09. The summed E-state index contributed by atoms with van der Waals surface area (Å²) < 4.78 is 43.0. The van der Waals surface area contributed by atoms with Crippen LogP contribution >= 0.6 is 23.2 Å². The largest absolute Gasteiger partial charge is 0.466 e. The Bertz CT molecular complexity index is 794. The maximum absolute atomic E-state index is 14.3. The van der Waals surface area contributed by atoms with Gasteiger partial charge < -0.3 is 14.2 Å². The van der Waals surface area contributed by atoms with E-state index in [1.165, 1.54) is 20.3 Å². The Morgan fingerprint density at radius 3 is 2.14 bits per heavy atom. The molecule has 2 rings (SSSR count). The second-order valence-corrected chi connectivity index (χ2v) is 7.72. The summed E-state index contributed by atoms with van der Waals surface area (Å²) in [6, 6.07) is 0. The smallest absolute Gasteiger partial charge is 0.330 e. The van der Waals surface area contributed by atoms with Gasteiger partial charge in [0.15, 0.2) is 11.6 Å². The lowest BCUT2D eigenvalue weighted by Gasteiger charge is -2.14. The van der Waals surface area contributed by atoms with Crippen molar-refractivity contribution in [2.24, 2.45) is 17.3 Å². The fraction of sp³-hybridized carbons (Fsp3) is 0.474. The highest BCUT2D eigenvalue weighted by atomic mass is 35.5. The van der Waals surface area contributed by atoms with Crippen molar-refractivity contribution in [3.05, 3.63) is 45.0 Å². The Morgan fingerprint density at radius 2 is 1.64 bits per heavy atom. The molecule has 0 aromatic heterocycles. The Labute approximate surface area is 171 Å². The monoisotopic (exact) mass is 436 g/mol. The number of methoxy groups -OCH3 is 2. The van der Waals surface area contributed by atoms with Crippen LogP contribution in [-0.2, 0) is 37.0 Å². The summed E-state index contributed by atoms with van der Waals surface area (Å²) in [5, 5.41) is -0.855. The molecule has 0 aliphatic heterocycles. The fourth-order valence-corrected chi connectivity index (χ4v) is 3.67. The van der Waals surface area contributed by atoms with Gasteiger partial charge in [0.1, 0.15) is 6.61 Å². The summed E-state index contributed by atoms with van der Waals surface area (Å²) in [5.74, 6) is -3.89. The van der Waals surface area contributed by atoms with Gasteiger partial charge in [-0.1, -0.05) is 43.1 Å². The van der Waals surface area contributed by atoms with E-state index in [0.717, 1.165) is 0 Å². The van der Waals surface area contributed by atoms with Crippen molar-refractivity contribution in [3.63, 3.8) is 0 Å². The summed E-state index contributed by atoms with van der Waals surface area (Å²) in [6.45, 7) is 2.84. The number of esters is 2. The van der Waals surface area contributed by atoms with Crippen molar-refractivity contribution in [2.75, 3.05) is 14.2 Å². The zero-order valence-electron chi connectivity index (χ0n) is 15.8. The first-order chi connectivity index (χ1) is 13.1. The van der Waals surface area contributed by atoms with E-state index >= 15 is 0 Å². The molecule has 154 valence electrons. The summed E-state index contributed by atoms with van der Waals surface area (Å²) in [4.78, 5) is 23.6. The summed E-state index contributed by atoms with van der Waals surface area (Å²) in [6.07, 6.45) is 2.82. The third-order valence-electron chi connectivity index (χ3n) is 4.90. The lowest BCUT2D eigenvalue weighted by Crippen LogP contribution is -2.12. The van der Waals surface area contributed by atoms with Gasteiger partial charge in [-0.2, -0.15) is 0 Å². The summed E-state index contributed by atoms with van der Waals surface area (Å²) >= 11 is 11.9. The molecular formula is C19H20Cl2F2O5. The number of carbonyl (C=O) groups is 2. The number of ether oxygens (including phenoxy) is 3. The molecule has 0 saturated heterocycles. The Hall–Kier alpha value is -1.70. The molecule has 0 bridgehead atoms. The van der Waals surface area contributed by atoms with Crippen molar-refractivity contribution in [2.45, 2.75) is 27.1 Å². The average Bonchev–Trinajstić information content (AvgIpc) is 3.21. The van der Waals surface area contributed by atoms with Crippen molar-refractivity contribution in [3.8, 4) is 0 Å². The number of halogens is 4. The molecule has 1 aromatic carbocycles. The minimum atomic E-state index is -1.01. The van der Waals surface area contributed by atoms with Crippen LogP contribution < -0.4 is 0 Å². The Balaban J connectivity index is 2.13. The second kappa shape index (κ2) is 8.76. The van der Waals surface area contributed by atoms with E-state index in [0.29, 0.717) is 0 Å². The van der Waals surface area contributed by atoms with E-state index in [2.05, 4.69) is 4.74 Å². The molecule has 0 unspecified atom stereocenters. The first-order valence-electron chi connectivity index (χ1n) is 8.33. The maximum atomic E-state index is 14.3. The molecule has 1 aromatic rings. The number of rotatable bonds is 7.